The van der Waals surface area contributed by atoms with E-state index in [1.807, 2.05) is 23.1 Å². The molecule has 41 heavy (non-hydrogen) atoms. The molecular weight excluding hydrogens is 572 g/mol. The van der Waals surface area contributed by atoms with Gasteiger partial charge in [0.2, 0.25) is 21.1 Å². The number of allylic oxidation sites excluding steroid dienone is 5. The van der Waals surface area contributed by atoms with Crippen LogP contribution in [0.15, 0.2) is 151 Å². The molecule has 0 radical (unpaired) electrons. The summed E-state index contributed by atoms with van der Waals surface area (Å²) in [5.41, 5.74) is 7.71. The zero-order chi connectivity index (χ0) is 28.7. The highest BCUT2D eigenvalue weighted by Gasteiger charge is 2.28. The molecule has 4 aromatic rings. The average Bonchev–Trinajstić information content (AvgIpc) is 3.01. The molecule has 0 spiro atoms. The summed E-state index contributed by atoms with van der Waals surface area (Å²) in [7, 11) is -4.94. The second-order valence-corrected chi connectivity index (χ2v) is 12.1. The van der Waals surface area contributed by atoms with Crippen LogP contribution in [0.1, 0.15) is 28.7 Å². The molecule has 0 unspecified atom stereocenters. The minimum absolute atomic E-state index is 0.919. The van der Waals surface area contributed by atoms with Crippen molar-refractivity contribution in [3.63, 3.8) is 0 Å². The fourth-order valence-corrected chi connectivity index (χ4v) is 6.79. The highest BCUT2D eigenvalue weighted by molar-refractivity contribution is 8.16. The van der Waals surface area contributed by atoms with Crippen molar-refractivity contribution in [1.82, 2.24) is 0 Å². The Morgan fingerprint density at radius 3 is 1.34 bits per heavy atom. The summed E-state index contributed by atoms with van der Waals surface area (Å²) in [6.45, 7) is 0. The van der Waals surface area contributed by atoms with Gasteiger partial charge in [-0.15, -0.1) is 10.2 Å². The van der Waals surface area contributed by atoms with Crippen molar-refractivity contribution in [2.45, 2.75) is 6.42 Å². The number of halogens is 1. The van der Waals surface area contributed by atoms with Gasteiger partial charge in [0.15, 0.2) is 0 Å². The molecule has 0 aliphatic carbocycles. The molecule has 7 heteroatoms. The third-order valence-electron chi connectivity index (χ3n) is 6.32. The van der Waals surface area contributed by atoms with Crippen LogP contribution >= 0.6 is 11.8 Å². The number of benzene rings is 4. The van der Waals surface area contributed by atoms with E-state index in [4.69, 9.17) is 18.6 Å². The topological polar surface area (TPSA) is 92.2 Å². The first-order chi connectivity index (χ1) is 19.8. The van der Waals surface area contributed by atoms with Crippen molar-refractivity contribution < 1.29 is 28.9 Å². The monoisotopic (exact) mass is 596 g/mol. The van der Waals surface area contributed by atoms with Crippen LogP contribution in [0.5, 0.6) is 0 Å². The van der Waals surface area contributed by atoms with Crippen LogP contribution in [0.25, 0.3) is 14.7 Å². The third kappa shape index (κ3) is 8.22. The predicted octanol–water partition coefficient (Wildman–Crippen LogP) is 4.10. The molecule has 204 valence electrons. The van der Waals surface area contributed by atoms with Gasteiger partial charge in [-0.3, -0.25) is 0 Å². The van der Waals surface area contributed by atoms with Gasteiger partial charge in [0, 0.05) is 27.0 Å². The molecule has 0 saturated heterocycles. The Morgan fingerprint density at radius 1 is 0.512 bits per heavy atom. The second-order valence-electron chi connectivity index (χ2n) is 9.15. The van der Waals surface area contributed by atoms with Crippen LogP contribution in [-0.2, 0) is 11.4 Å². The van der Waals surface area contributed by atoms with E-state index in [0.29, 0.717) is 0 Å². The van der Waals surface area contributed by atoms with Gasteiger partial charge in [0.05, 0.1) is 6.42 Å². The summed E-state index contributed by atoms with van der Waals surface area (Å²) in [5, 5.41) is 0. The van der Waals surface area contributed by atoms with E-state index < -0.39 is 10.2 Å². The molecule has 2 aliphatic rings. The Morgan fingerprint density at radius 2 is 0.902 bits per heavy atom. The van der Waals surface area contributed by atoms with Gasteiger partial charge in [0.1, 0.15) is 0 Å². The van der Waals surface area contributed by atoms with E-state index in [9.17, 15) is 0 Å². The number of hydrogen-bond donors (Lipinski definition) is 0. The summed E-state index contributed by atoms with van der Waals surface area (Å²) in [6, 6.07) is 43.0. The Bertz CT molecular complexity index is 1580. The Hall–Kier alpha value is -3.59. The highest BCUT2D eigenvalue weighted by atomic mass is 35.7. The van der Waals surface area contributed by atoms with Crippen LogP contribution in [0.3, 0.4) is 0 Å². The first-order valence-corrected chi connectivity index (χ1v) is 15.6. The molecule has 0 saturated carbocycles. The molecule has 0 amide bonds. The van der Waals surface area contributed by atoms with E-state index in [2.05, 4.69) is 140 Å². The maximum Gasteiger partial charge on any atom is 0.238 e. The SMILES string of the molecule is C1=C(c2ccccc2)SC(c2ccccc2)=CC1=C1C=C(c2ccccc2)[S+]=C(c2ccccc2)C1.[O-][Cl+3]([O-])([O-])[O-]. The largest absolute Gasteiger partial charge is 0.238 e. The molecule has 0 bridgehead atoms. The van der Waals surface area contributed by atoms with Crippen molar-refractivity contribution in [1.29, 1.82) is 0 Å². The lowest BCUT2D eigenvalue weighted by Crippen LogP contribution is -2.68. The Kier molecular flexibility index (Phi) is 9.44. The molecule has 4 nitrogen and oxygen atoms in total. The summed E-state index contributed by atoms with van der Waals surface area (Å²) in [4.78, 5) is 5.26. The lowest BCUT2D eigenvalue weighted by Gasteiger charge is -2.19. The van der Waals surface area contributed by atoms with Crippen molar-refractivity contribution in [2.75, 3.05) is 0 Å². The van der Waals surface area contributed by atoms with E-state index in [1.165, 1.54) is 53.0 Å². The predicted molar refractivity (Wildman–Crippen MR) is 160 cm³/mol. The van der Waals surface area contributed by atoms with Gasteiger partial charge in [-0.1, -0.05) is 109 Å². The second kappa shape index (κ2) is 13.4. The summed E-state index contributed by atoms with van der Waals surface area (Å²) < 4.78 is 34.0. The Labute approximate surface area is 250 Å². The lowest BCUT2D eigenvalue weighted by atomic mass is 9.96. The van der Waals surface area contributed by atoms with E-state index in [0.717, 1.165) is 6.42 Å². The summed E-state index contributed by atoms with van der Waals surface area (Å²) >= 11 is 3.75. The maximum absolute atomic E-state index is 8.49. The van der Waals surface area contributed by atoms with Crippen LogP contribution in [0.2, 0.25) is 0 Å². The molecule has 2 aliphatic heterocycles. The maximum atomic E-state index is 8.49. The van der Waals surface area contributed by atoms with Gasteiger partial charge < -0.3 is 0 Å². The van der Waals surface area contributed by atoms with Crippen molar-refractivity contribution in [3.05, 3.63) is 173 Å². The summed E-state index contributed by atoms with van der Waals surface area (Å²) in [6.07, 6.45) is 8.07. The molecule has 0 fully saturated rings. The molecule has 0 aromatic heterocycles. The number of hydrogen-bond acceptors (Lipinski definition) is 5. The van der Waals surface area contributed by atoms with Crippen molar-refractivity contribution in [2.24, 2.45) is 0 Å². The zero-order valence-electron chi connectivity index (χ0n) is 21.8. The van der Waals surface area contributed by atoms with Gasteiger partial charge in [-0.25, -0.2) is 18.6 Å². The fourth-order valence-electron chi connectivity index (χ4n) is 4.47. The molecule has 2 heterocycles. The number of thioether (sulfide) groups is 1. The van der Waals surface area contributed by atoms with Crippen LogP contribution in [0, 0.1) is 10.2 Å². The van der Waals surface area contributed by atoms with Gasteiger partial charge >= 0.3 is 0 Å². The van der Waals surface area contributed by atoms with Gasteiger partial charge in [0.25, 0.3) is 0 Å². The summed E-state index contributed by atoms with van der Waals surface area (Å²) in [5.74, 6) is 0. The van der Waals surface area contributed by atoms with Gasteiger partial charge in [-0.2, -0.15) is 0 Å². The van der Waals surface area contributed by atoms with E-state index in [-0.39, 0.29) is 0 Å². The minimum Gasteiger partial charge on any atom is -0.222 e. The normalized spacial score (nSPS) is 15.1. The first-order valence-electron chi connectivity index (χ1n) is 12.8. The fraction of sp³-hybridized carbons (Fsp3) is 0.0294. The molecular formula is C34H25ClO4S2. The third-order valence-corrected chi connectivity index (χ3v) is 8.67. The van der Waals surface area contributed by atoms with Crippen molar-refractivity contribution in [3.8, 4) is 0 Å². The Balaban J connectivity index is 0.000000623. The molecule has 4 aromatic carbocycles. The smallest absolute Gasteiger partial charge is 0.222 e. The zero-order valence-corrected chi connectivity index (χ0v) is 24.2. The molecule has 0 N–H and O–H groups in total. The molecule has 6 rings (SSSR count). The highest BCUT2D eigenvalue weighted by Crippen LogP contribution is 2.45. The number of rotatable bonds is 4. The average molecular weight is 597 g/mol. The van der Waals surface area contributed by atoms with Crippen molar-refractivity contribution >= 4 is 42.7 Å². The van der Waals surface area contributed by atoms with Gasteiger partial charge in [-0.05, 0) is 58.7 Å². The van der Waals surface area contributed by atoms with E-state index in [1.54, 1.807) is 0 Å². The van der Waals surface area contributed by atoms with Crippen LogP contribution in [-0.4, -0.2) is 4.86 Å². The van der Waals surface area contributed by atoms with Crippen LogP contribution < -0.4 is 18.6 Å². The van der Waals surface area contributed by atoms with Crippen LogP contribution in [0.4, 0.5) is 0 Å². The lowest BCUT2D eigenvalue weighted by molar-refractivity contribution is -2.00. The van der Waals surface area contributed by atoms with E-state index >= 15 is 0 Å². The minimum atomic E-state index is -4.94. The quantitative estimate of drug-likeness (QED) is 0.261. The first kappa shape index (κ1) is 28.9. The standard InChI is InChI=1S/C34H25S2.ClHO4/c1-5-13-25(14-6-1)31-21-29(22-32(35-31)26-15-7-2-8-16-26)30-23-33(27-17-9-3-10-18-27)36-34(24-30)28-19-11-4-12-20-28;2-1(3,4)5/h1-23H,24H2;(H,2,3,4,5)/q+1;/p-1. The molecule has 0 atom stereocenters.